The van der Waals surface area contributed by atoms with Crippen LogP contribution >= 0.6 is 27.3 Å². The maximum Gasteiger partial charge on any atom is 0.144 e. The van der Waals surface area contributed by atoms with Crippen LogP contribution in [0.3, 0.4) is 0 Å². The van der Waals surface area contributed by atoms with Crippen LogP contribution in [-0.2, 0) is 6.42 Å². The molecule has 0 spiro atoms. The largest absolute Gasteiger partial charge is 0.489 e. The monoisotopic (exact) mass is 354 g/mol. The second-order valence-electron chi connectivity index (χ2n) is 4.77. The molecule has 1 aromatic heterocycles. The Labute approximate surface area is 132 Å². The van der Waals surface area contributed by atoms with Gasteiger partial charge in [-0.05, 0) is 60.5 Å². The zero-order valence-corrected chi connectivity index (χ0v) is 14.1. The number of ether oxygens (including phenoxy) is 1. The fraction of sp³-hybridized carbons (Fsp3) is 0.333. The van der Waals surface area contributed by atoms with Gasteiger partial charge < -0.3 is 15.8 Å². The van der Waals surface area contributed by atoms with E-state index in [1.165, 1.54) is 8.66 Å². The molecule has 0 bridgehead atoms. The minimum Gasteiger partial charge on any atom is -0.489 e. The molecule has 0 radical (unpaired) electrons. The summed E-state index contributed by atoms with van der Waals surface area (Å²) >= 11 is 5.23. The van der Waals surface area contributed by atoms with Gasteiger partial charge in [0.2, 0.25) is 0 Å². The van der Waals surface area contributed by atoms with Gasteiger partial charge in [-0.25, -0.2) is 0 Å². The summed E-state index contributed by atoms with van der Waals surface area (Å²) in [5.74, 6) is 0.740. The number of halogens is 1. The van der Waals surface area contributed by atoms with Gasteiger partial charge in [0.15, 0.2) is 0 Å². The lowest BCUT2D eigenvalue weighted by molar-refractivity contribution is 0.244. The van der Waals surface area contributed by atoms with Gasteiger partial charge in [-0.15, -0.1) is 11.3 Å². The molecular formula is C15H19BrN2OS. The number of anilines is 2. The fourth-order valence-corrected chi connectivity index (χ4v) is 3.34. The van der Waals surface area contributed by atoms with E-state index < -0.39 is 0 Å². The Kier molecular flexibility index (Phi) is 5.31. The van der Waals surface area contributed by atoms with Gasteiger partial charge in [-0.3, -0.25) is 0 Å². The predicted octanol–water partition coefficient (Wildman–Crippen LogP) is 4.53. The van der Waals surface area contributed by atoms with Gasteiger partial charge in [-0.1, -0.05) is 6.07 Å². The summed E-state index contributed by atoms with van der Waals surface area (Å²) in [6, 6.07) is 10.0. The van der Waals surface area contributed by atoms with Gasteiger partial charge in [0.25, 0.3) is 0 Å². The first-order valence-corrected chi connectivity index (χ1v) is 8.20. The third-order valence-corrected chi connectivity index (χ3v) is 4.43. The topological polar surface area (TPSA) is 47.3 Å². The molecule has 0 aliphatic carbocycles. The van der Waals surface area contributed by atoms with Crippen molar-refractivity contribution in [1.29, 1.82) is 0 Å². The number of hydrogen-bond donors (Lipinski definition) is 2. The minimum atomic E-state index is 0.121. The van der Waals surface area contributed by atoms with Crippen LogP contribution in [0.1, 0.15) is 18.7 Å². The fourth-order valence-electron chi connectivity index (χ4n) is 1.86. The van der Waals surface area contributed by atoms with Gasteiger partial charge >= 0.3 is 0 Å². The van der Waals surface area contributed by atoms with E-state index in [0.29, 0.717) is 5.69 Å². The molecule has 1 aromatic carbocycles. The van der Waals surface area contributed by atoms with Gasteiger partial charge in [-0.2, -0.15) is 0 Å². The molecule has 5 heteroatoms. The Balaban J connectivity index is 1.95. The highest BCUT2D eigenvalue weighted by atomic mass is 79.9. The molecule has 0 aliphatic heterocycles. The van der Waals surface area contributed by atoms with Crippen molar-refractivity contribution in [3.63, 3.8) is 0 Å². The average Bonchev–Trinajstić information content (AvgIpc) is 2.79. The Morgan fingerprint density at radius 1 is 1.30 bits per heavy atom. The van der Waals surface area contributed by atoms with Crippen LogP contribution in [-0.4, -0.2) is 12.6 Å². The average molecular weight is 355 g/mol. The number of rotatable bonds is 6. The maximum atomic E-state index is 6.12. The van der Waals surface area contributed by atoms with Gasteiger partial charge in [0.05, 0.1) is 21.3 Å². The Morgan fingerprint density at radius 3 is 2.75 bits per heavy atom. The molecule has 3 nitrogen and oxygen atoms in total. The number of nitrogen functional groups attached to an aromatic ring is 1. The summed E-state index contributed by atoms with van der Waals surface area (Å²) in [5, 5.41) is 3.37. The Bertz CT molecular complexity index is 569. The van der Waals surface area contributed by atoms with Crippen LogP contribution in [0.25, 0.3) is 0 Å². The first-order chi connectivity index (χ1) is 9.56. The summed E-state index contributed by atoms with van der Waals surface area (Å²) in [7, 11) is 0. The predicted molar refractivity (Wildman–Crippen MR) is 90.8 cm³/mol. The molecule has 1 heterocycles. The Hall–Kier alpha value is -1.20. The molecule has 0 saturated heterocycles. The summed E-state index contributed by atoms with van der Waals surface area (Å²) in [6.45, 7) is 4.84. The second-order valence-corrected chi connectivity index (χ2v) is 7.31. The van der Waals surface area contributed by atoms with E-state index in [0.717, 1.165) is 24.4 Å². The maximum absolute atomic E-state index is 6.12. The molecule has 2 rings (SSSR count). The lowest BCUT2D eigenvalue weighted by Gasteiger charge is -2.15. The SMILES string of the molecule is CC(C)Oc1cccc(NCCc2ccc(Br)s2)c1N. The van der Waals surface area contributed by atoms with E-state index in [9.17, 15) is 0 Å². The van der Waals surface area contributed by atoms with Crippen molar-refractivity contribution in [2.45, 2.75) is 26.4 Å². The number of hydrogen-bond acceptors (Lipinski definition) is 4. The summed E-state index contributed by atoms with van der Waals surface area (Å²) in [6.07, 6.45) is 1.10. The molecule has 2 aromatic rings. The molecule has 3 N–H and O–H groups in total. The normalized spacial score (nSPS) is 10.8. The van der Waals surface area contributed by atoms with Crippen molar-refractivity contribution in [2.24, 2.45) is 0 Å². The van der Waals surface area contributed by atoms with Gasteiger partial charge in [0, 0.05) is 11.4 Å². The molecule has 0 atom stereocenters. The van der Waals surface area contributed by atoms with E-state index in [1.807, 2.05) is 32.0 Å². The van der Waals surface area contributed by atoms with E-state index >= 15 is 0 Å². The minimum absolute atomic E-state index is 0.121. The molecule has 0 fully saturated rings. The zero-order chi connectivity index (χ0) is 14.5. The molecule has 0 unspecified atom stereocenters. The highest BCUT2D eigenvalue weighted by molar-refractivity contribution is 9.11. The quantitative estimate of drug-likeness (QED) is 0.748. The zero-order valence-electron chi connectivity index (χ0n) is 11.7. The van der Waals surface area contributed by atoms with Crippen molar-refractivity contribution in [3.05, 3.63) is 39.0 Å². The van der Waals surface area contributed by atoms with Crippen LogP contribution in [0.15, 0.2) is 34.1 Å². The van der Waals surface area contributed by atoms with Crippen molar-refractivity contribution in [1.82, 2.24) is 0 Å². The van der Waals surface area contributed by atoms with E-state index in [1.54, 1.807) is 11.3 Å². The summed E-state index contributed by atoms with van der Waals surface area (Å²) < 4.78 is 6.85. The highest BCUT2D eigenvalue weighted by Crippen LogP contribution is 2.30. The third-order valence-electron chi connectivity index (χ3n) is 2.74. The number of benzene rings is 1. The summed E-state index contributed by atoms with van der Waals surface area (Å²) in [4.78, 5) is 1.34. The number of nitrogens with two attached hydrogens (primary N) is 1. The van der Waals surface area contributed by atoms with Crippen molar-refractivity contribution in [2.75, 3.05) is 17.6 Å². The van der Waals surface area contributed by atoms with Crippen LogP contribution in [0, 0.1) is 0 Å². The smallest absolute Gasteiger partial charge is 0.144 e. The standard InChI is InChI=1S/C15H19BrN2OS/c1-10(2)19-13-5-3-4-12(15(13)17)18-9-8-11-6-7-14(16)20-11/h3-7,10,18H,8-9,17H2,1-2H3. The molecule has 0 saturated carbocycles. The van der Waals surface area contributed by atoms with Crippen LogP contribution in [0.2, 0.25) is 0 Å². The summed E-state index contributed by atoms with van der Waals surface area (Å²) in [5.41, 5.74) is 7.73. The van der Waals surface area contributed by atoms with Crippen molar-refractivity contribution >= 4 is 38.6 Å². The second kappa shape index (κ2) is 6.99. The first kappa shape index (κ1) is 15.2. The third kappa shape index (κ3) is 4.15. The number of para-hydroxylation sites is 1. The molecule has 108 valence electrons. The van der Waals surface area contributed by atoms with E-state index in [-0.39, 0.29) is 6.10 Å². The van der Waals surface area contributed by atoms with E-state index in [2.05, 4.69) is 33.4 Å². The van der Waals surface area contributed by atoms with E-state index in [4.69, 9.17) is 10.5 Å². The molecule has 0 aliphatic rings. The first-order valence-electron chi connectivity index (χ1n) is 6.59. The number of nitrogens with one attached hydrogen (secondary N) is 1. The molecular weight excluding hydrogens is 336 g/mol. The van der Waals surface area contributed by atoms with Crippen LogP contribution in [0.4, 0.5) is 11.4 Å². The van der Waals surface area contributed by atoms with Crippen LogP contribution < -0.4 is 15.8 Å². The number of thiophene rings is 1. The van der Waals surface area contributed by atoms with Gasteiger partial charge in [0.1, 0.15) is 5.75 Å². The molecule has 20 heavy (non-hydrogen) atoms. The molecule has 0 amide bonds. The highest BCUT2D eigenvalue weighted by Gasteiger charge is 2.07. The van der Waals surface area contributed by atoms with Crippen molar-refractivity contribution < 1.29 is 4.74 Å². The van der Waals surface area contributed by atoms with Crippen molar-refractivity contribution in [3.8, 4) is 5.75 Å². The lowest BCUT2D eigenvalue weighted by Crippen LogP contribution is -2.10. The Morgan fingerprint density at radius 2 is 2.10 bits per heavy atom. The lowest BCUT2D eigenvalue weighted by atomic mass is 10.2. The van der Waals surface area contributed by atoms with Crippen LogP contribution in [0.5, 0.6) is 5.75 Å².